The highest BCUT2D eigenvalue weighted by Crippen LogP contribution is 2.22. The molecule has 0 aliphatic carbocycles. The van der Waals surface area contributed by atoms with Gasteiger partial charge in [-0.05, 0) is 30.5 Å². The number of hydrogen-bond donors (Lipinski definition) is 0. The van der Waals surface area contributed by atoms with Crippen LogP contribution >= 0.6 is 0 Å². The van der Waals surface area contributed by atoms with Crippen molar-refractivity contribution in [3.05, 3.63) is 35.6 Å². The Labute approximate surface area is 130 Å². The molecule has 2 aliphatic rings. The normalized spacial score (nSPS) is 20.9. The number of rotatable bonds is 4. The zero-order valence-electron chi connectivity index (χ0n) is 13.0. The number of amides is 1. The Morgan fingerprint density at radius 2 is 1.86 bits per heavy atom. The Bertz CT molecular complexity index is 506. The first-order valence-corrected chi connectivity index (χ1v) is 7.95. The molecule has 3 rings (SSSR count). The Morgan fingerprint density at radius 3 is 2.45 bits per heavy atom. The second-order valence-electron chi connectivity index (χ2n) is 6.23. The lowest BCUT2D eigenvalue weighted by Gasteiger charge is -2.47. The van der Waals surface area contributed by atoms with Crippen LogP contribution in [0.5, 0.6) is 0 Å². The number of ether oxygens (including phenoxy) is 1. The van der Waals surface area contributed by atoms with Crippen LogP contribution in [-0.4, -0.2) is 61.1 Å². The second kappa shape index (κ2) is 6.75. The summed E-state index contributed by atoms with van der Waals surface area (Å²) in [5.74, 6) is -0.130. The van der Waals surface area contributed by atoms with Gasteiger partial charge in [0.2, 0.25) is 5.91 Å². The van der Waals surface area contributed by atoms with E-state index in [-0.39, 0.29) is 11.7 Å². The van der Waals surface area contributed by atoms with Crippen molar-refractivity contribution in [1.82, 2.24) is 9.80 Å². The van der Waals surface area contributed by atoms with Crippen molar-refractivity contribution in [3.63, 3.8) is 0 Å². The molecule has 1 aromatic carbocycles. The average Bonchev–Trinajstić information content (AvgIpc) is 2.49. The fourth-order valence-electron chi connectivity index (χ4n) is 3.26. The number of likely N-dealkylation sites (tertiary alicyclic amines) is 2. The molecular formula is C17H23FN2O2. The molecule has 5 heteroatoms. The summed E-state index contributed by atoms with van der Waals surface area (Å²) in [7, 11) is 1.78. The van der Waals surface area contributed by atoms with E-state index in [2.05, 4.69) is 4.90 Å². The summed E-state index contributed by atoms with van der Waals surface area (Å²) in [6.45, 7) is 3.75. The molecule has 2 heterocycles. The Kier molecular flexibility index (Phi) is 4.74. The first-order chi connectivity index (χ1) is 10.7. The fourth-order valence-corrected chi connectivity index (χ4v) is 3.26. The van der Waals surface area contributed by atoms with Crippen LogP contribution in [0.2, 0.25) is 0 Å². The quantitative estimate of drug-likeness (QED) is 0.849. The van der Waals surface area contributed by atoms with Gasteiger partial charge in [-0.25, -0.2) is 4.39 Å². The van der Waals surface area contributed by atoms with Crippen molar-refractivity contribution in [2.75, 3.05) is 33.3 Å². The summed E-state index contributed by atoms with van der Waals surface area (Å²) >= 11 is 0. The van der Waals surface area contributed by atoms with Crippen molar-refractivity contribution in [2.45, 2.75) is 31.4 Å². The van der Waals surface area contributed by atoms with E-state index in [1.54, 1.807) is 19.2 Å². The maximum atomic E-state index is 12.9. The van der Waals surface area contributed by atoms with Crippen molar-refractivity contribution in [3.8, 4) is 0 Å². The van der Waals surface area contributed by atoms with Gasteiger partial charge in [-0.15, -0.1) is 0 Å². The molecule has 120 valence electrons. The van der Waals surface area contributed by atoms with Gasteiger partial charge in [0.05, 0.1) is 12.5 Å². The van der Waals surface area contributed by atoms with Crippen molar-refractivity contribution >= 4 is 5.91 Å². The van der Waals surface area contributed by atoms with E-state index in [1.807, 2.05) is 4.90 Å². The maximum Gasteiger partial charge on any atom is 0.227 e. The predicted molar refractivity (Wildman–Crippen MR) is 82.1 cm³/mol. The van der Waals surface area contributed by atoms with Gasteiger partial charge < -0.3 is 9.64 Å². The predicted octanol–water partition coefficient (Wildman–Crippen LogP) is 1.69. The van der Waals surface area contributed by atoms with Gasteiger partial charge >= 0.3 is 0 Å². The largest absolute Gasteiger partial charge is 0.381 e. The molecule has 1 amide bonds. The van der Waals surface area contributed by atoms with Crippen LogP contribution in [0.3, 0.4) is 0 Å². The number of carbonyl (C=O) groups is 1. The molecule has 0 unspecified atom stereocenters. The summed E-state index contributed by atoms with van der Waals surface area (Å²) < 4.78 is 18.2. The van der Waals surface area contributed by atoms with E-state index in [0.717, 1.165) is 44.6 Å². The maximum absolute atomic E-state index is 12.9. The summed E-state index contributed by atoms with van der Waals surface area (Å²) in [6.07, 6.45) is 2.92. The molecule has 0 spiro atoms. The number of methoxy groups -OCH3 is 1. The summed E-state index contributed by atoms with van der Waals surface area (Å²) in [6, 6.07) is 6.66. The lowest BCUT2D eigenvalue weighted by molar-refractivity contribution is -0.138. The molecule has 22 heavy (non-hydrogen) atoms. The lowest BCUT2D eigenvalue weighted by atomic mass is 10.00. The minimum Gasteiger partial charge on any atom is -0.381 e. The third-order valence-electron chi connectivity index (χ3n) is 4.81. The SMILES string of the molecule is COC1CCN(C2CN(C(=O)Cc3ccc(F)cc3)C2)CC1. The van der Waals surface area contributed by atoms with Crippen LogP contribution in [-0.2, 0) is 16.0 Å². The summed E-state index contributed by atoms with van der Waals surface area (Å²) in [4.78, 5) is 16.6. The van der Waals surface area contributed by atoms with Gasteiger partial charge in [0.15, 0.2) is 0 Å². The molecular weight excluding hydrogens is 283 g/mol. The minimum absolute atomic E-state index is 0.134. The van der Waals surface area contributed by atoms with Gasteiger partial charge in [0.1, 0.15) is 5.82 Å². The Morgan fingerprint density at radius 1 is 1.23 bits per heavy atom. The van der Waals surface area contributed by atoms with Crippen LogP contribution in [0.15, 0.2) is 24.3 Å². The van der Waals surface area contributed by atoms with Crippen molar-refractivity contribution in [1.29, 1.82) is 0 Å². The average molecular weight is 306 g/mol. The molecule has 2 fully saturated rings. The first kappa shape index (κ1) is 15.4. The molecule has 0 aromatic heterocycles. The fraction of sp³-hybridized carbons (Fsp3) is 0.588. The Balaban J connectivity index is 1.43. The molecule has 4 nitrogen and oxygen atoms in total. The number of carbonyl (C=O) groups excluding carboxylic acids is 1. The summed E-state index contributed by atoms with van der Waals surface area (Å²) in [5.41, 5.74) is 0.871. The van der Waals surface area contributed by atoms with E-state index in [1.165, 1.54) is 12.1 Å². The van der Waals surface area contributed by atoms with E-state index in [4.69, 9.17) is 4.74 Å². The molecule has 2 saturated heterocycles. The smallest absolute Gasteiger partial charge is 0.227 e. The van der Waals surface area contributed by atoms with Gasteiger partial charge in [-0.3, -0.25) is 9.69 Å². The minimum atomic E-state index is -0.264. The molecule has 0 radical (unpaired) electrons. The highest BCUT2D eigenvalue weighted by molar-refractivity contribution is 5.79. The van der Waals surface area contributed by atoms with Crippen molar-refractivity contribution in [2.24, 2.45) is 0 Å². The zero-order valence-corrected chi connectivity index (χ0v) is 13.0. The Hall–Kier alpha value is -1.46. The highest BCUT2D eigenvalue weighted by Gasteiger charge is 2.36. The molecule has 2 aliphatic heterocycles. The highest BCUT2D eigenvalue weighted by atomic mass is 19.1. The van der Waals surface area contributed by atoms with E-state index in [9.17, 15) is 9.18 Å². The van der Waals surface area contributed by atoms with Gasteiger partial charge in [-0.1, -0.05) is 12.1 Å². The van der Waals surface area contributed by atoms with Crippen LogP contribution in [0.4, 0.5) is 4.39 Å². The molecule has 1 aromatic rings. The molecule has 0 N–H and O–H groups in total. The standard InChI is InChI=1S/C17H23FN2O2/c1-22-16-6-8-19(9-7-16)15-11-20(12-15)17(21)10-13-2-4-14(18)5-3-13/h2-5,15-16H,6-12H2,1H3. The second-order valence-corrected chi connectivity index (χ2v) is 6.23. The number of hydrogen-bond acceptors (Lipinski definition) is 3. The third-order valence-corrected chi connectivity index (χ3v) is 4.81. The molecule has 0 bridgehead atoms. The number of halogens is 1. The number of benzene rings is 1. The first-order valence-electron chi connectivity index (χ1n) is 7.95. The summed E-state index contributed by atoms with van der Waals surface area (Å²) in [5, 5.41) is 0. The molecule has 0 atom stereocenters. The van der Waals surface area contributed by atoms with E-state index < -0.39 is 0 Å². The van der Waals surface area contributed by atoms with E-state index >= 15 is 0 Å². The monoisotopic (exact) mass is 306 g/mol. The lowest BCUT2D eigenvalue weighted by Crippen LogP contribution is -2.62. The van der Waals surface area contributed by atoms with Gasteiger partial charge in [0.25, 0.3) is 0 Å². The number of nitrogens with zero attached hydrogens (tertiary/aromatic N) is 2. The zero-order chi connectivity index (χ0) is 15.5. The topological polar surface area (TPSA) is 32.8 Å². The van der Waals surface area contributed by atoms with Crippen LogP contribution in [0.1, 0.15) is 18.4 Å². The van der Waals surface area contributed by atoms with Crippen molar-refractivity contribution < 1.29 is 13.9 Å². The van der Waals surface area contributed by atoms with Gasteiger partial charge in [0, 0.05) is 39.3 Å². The van der Waals surface area contributed by atoms with Crippen LogP contribution in [0, 0.1) is 5.82 Å². The van der Waals surface area contributed by atoms with Gasteiger partial charge in [-0.2, -0.15) is 0 Å². The molecule has 0 saturated carbocycles. The van der Waals surface area contributed by atoms with Crippen LogP contribution < -0.4 is 0 Å². The van der Waals surface area contributed by atoms with E-state index in [0.29, 0.717) is 18.6 Å². The third kappa shape index (κ3) is 3.47. The van der Waals surface area contributed by atoms with Crippen LogP contribution in [0.25, 0.3) is 0 Å². The number of piperidine rings is 1.